The van der Waals surface area contributed by atoms with Gasteiger partial charge in [-0.3, -0.25) is 4.79 Å². The summed E-state index contributed by atoms with van der Waals surface area (Å²) >= 11 is 0. The van der Waals surface area contributed by atoms with Crippen LogP contribution in [0, 0.1) is 0 Å². The lowest BCUT2D eigenvalue weighted by Crippen LogP contribution is -2.41. The quantitative estimate of drug-likeness (QED) is 0.824. The zero-order valence-corrected chi connectivity index (χ0v) is 11.1. The molecule has 18 heavy (non-hydrogen) atoms. The van der Waals surface area contributed by atoms with Crippen molar-refractivity contribution in [3.8, 4) is 11.5 Å². The number of nitrogens with one attached hydrogen (secondary N) is 1. The SMILES string of the molecule is COc1ccc(CNC(=O)C(C)(C)O)cc1OC. The minimum atomic E-state index is -1.38. The number of rotatable bonds is 5. The van der Waals surface area contributed by atoms with Crippen molar-refractivity contribution in [1.82, 2.24) is 5.32 Å². The zero-order chi connectivity index (χ0) is 13.8. The molecule has 1 aromatic carbocycles. The van der Waals surface area contributed by atoms with Crippen LogP contribution < -0.4 is 14.8 Å². The molecule has 0 aliphatic rings. The highest BCUT2D eigenvalue weighted by atomic mass is 16.5. The highest BCUT2D eigenvalue weighted by Gasteiger charge is 2.23. The van der Waals surface area contributed by atoms with Crippen LogP contribution in [0.25, 0.3) is 0 Å². The summed E-state index contributed by atoms with van der Waals surface area (Å²) in [5, 5.41) is 12.1. The molecule has 0 atom stereocenters. The molecule has 0 aromatic heterocycles. The Bertz CT molecular complexity index is 423. The van der Waals surface area contributed by atoms with Gasteiger partial charge < -0.3 is 19.9 Å². The van der Waals surface area contributed by atoms with Gasteiger partial charge in [0.15, 0.2) is 11.5 Å². The number of methoxy groups -OCH3 is 2. The predicted octanol–water partition coefficient (Wildman–Crippen LogP) is 1.09. The fraction of sp³-hybridized carbons (Fsp3) is 0.462. The van der Waals surface area contributed by atoms with Gasteiger partial charge in [0.05, 0.1) is 14.2 Å². The predicted molar refractivity (Wildman–Crippen MR) is 67.7 cm³/mol. The van der Waals surface area contributed by atoms with E-state index in [-0.39, 0.29) is 0 Å². The maximum absolute atomic E-state index is 11.5. The van der Waals surface area contributed by atoms with Gasteiger partial charge in [-0.05, 0) is 31.5 Å². The van der Waals surface area contributed by atoms with Gasteiger partial charge in [0.1, 0.15) is 5.60 Å². The number of carbonyl (C=O) groups is 1. The summed E-state index contributed by atoms with van der Waals surface area (Å²) in [7, 11) is 3.12. The van der Waals surface area contributed by atoms with E-state index in [1.165, 1.54) is 13.8 Å². The van der Waals surface area contributed by atoms with E-state index in [1.54, 1.807) is 26.4 Å². The number of hydrogen-bond donors (Lipinski definition) is 2. The molecule has 0 radical (unpaired) electrons. The first-order valence-electron chi connectivity index (χ1n) is 5.60. The molecule has 1 rings (SSSR count). The van der Waals surface area contributed by atoms with Crippen LogP contribution in [0.2, 0.25) is 0 Å². The fourth-order valence-electron chi connectivity index (χ4n) is 1.39. The van der Waals surface area contributed by atoms with E-state index in [2.05, 4.69) is 5.32 Å². The highest BCUT2D eigenvalue weighted by Crippen LogP contribution is 2.27. The van der Waals surface area contributed by atoms with E-state index in [9.17, 15) is 9.90 Å². The van der Waals surface area contributed by atoms with Crippen LogP contribution in [-0.2, 0) is 11.3 Å². The third-order valence-electron chi connectivity index (χ3n) is 2.46. The van der Waals surface area contributed by atoms with E-state index in [0.29, 0.717) is 18.0 Å². The molecule has 0 aliphatic heterocycles. The zero-order valence-electron chi connectivity index (χ0n) is 11.1. The fourth-order valence-corrected chi connectivity index (χ4v) is 1.39. The highest BCUT2D eigenvalue weighted by molar-refractivity contribution is 5.83. The second-order valence-electron chi connectivity index (χ2n) is 4.43. The Morgan fingerprint density at radius 2 is 1.89 bits per heavy atom. The summed E-state index contributed by atoms with van der Waals surface area (Å²) in [5.41, 5.74) is -0.512. The van der Waals surface area contributed by atoms with Gasteiger partial charge in [-0.15, -0.1) is 0 Å². The molecule has 1 amide bonds. The van der Waals surface area contributed by atoms with Crippen molar-refractivity contribution in [1.29, 1.82) is 0 Å². The summed E-state index contributed by atoms with van der Waals surface area (Å²) < 4.78 is 10.3. The molecule has 0 heterocycles. The molecular formula is C13H19NO4. The van der Waals surface area contributed by atoms with Crippen molar-refractivity contribution >= 4 is 5.91 Å². The van der Waals surface area contributed by atoms with Crippen molar-refractivity contribution in [2.24, 2.45) is 0 Å². The van der Waals surface area contributed by atoms with Crippen molar-refractivity contribution < 1.29 is 19.4 Å². The third kappa shape index (κ3) is 3.63. The molecular weight excluding hydrogens is 234 g/mol. The largest absolute Gasteiger partial charge is 0.493 e. The Balaban J connectivity index is 2.72. The van der Waals surface area contributed by atoms with Gasteiger partial charge in [0, 0.05) is 6.54 Å². The number of hydrogen-bond acceptors (Lipinski definition) is 4. The first-order valence-corrected chi connectivity index (χ1v) is 5.60. The second-order valence-corrected chi connectivity index (χ2v) is 4.43. The van der Waals surface area contributed by atoms with Crippen LogP contribution in [0.1, 0.15) is 19.4 Å². The molecule has 0 unspecified atom stereocenters. The van der Waals surface area contributed by atoms with Crippen molar-refractivity contribution in [3.63, 3.8) is 0 Å². The minimum Gasteiger partial charge on any atom is -0.493 e. The Labute approximate surface area is 107 Å². The second kappa shape index (κ2) is 5.73. The molecule has 1 aromatic rings. The van der Waals surface area contributed by atoms with Gasteiger partial charge in [0.2, 0.25) is 0 Å². The molecule has 5 nitrogen and oxygen atoms in total. The van der Waals surface area contributed by atoms with E-state index in [4.69, 9.17) is 9.47 Å². The van der Waals surface area contributed by atoms with Crippen LogP contribution in [0.3, 0.4) is 0 Å². The Morgan fingerprint density at radius 1 is 1.28 bits per heavy atom. The average Bonchev–Trinajstić information content (AvgIpc) is 2.34. The lowest BCUT2D eigenvalue weighted by Gasteiger charge is -2.17. The van der Waals surface area contributed by atoms with E-state index < -0.39 is 11.5 Å². The molecule has 0 saturated heterocycles. The van der Waals surface area contributed by atoms with Crippen molar-refractivity contribution in [3.05, 3.63) is 23.8 Å². The maximum atomic E-state index is 11.5. The number of aliphatic hydroxyl groups is 1. The summed E-state index contributed by atoms with van der Waals surface area (Å²) in [6.45, 7) is 3.21. The molecule has 0 aliphatic carbocycles. The van der Waals surface area contributed by atoms with E-state index in [1.807, 2.05) is 6.07 Å². The van der Waals surface area contributed by atoms with E-state index >= 15 is 0 Å². The van der Waals surface area contributed by atoms with Crippen molar-refractivity contribution in [2.75, 3.05) is 14.2 Å². The summed E-state index contributed by atoms with van der Waals surface area (Å²) in [6.07, 6.45) is 0. The molecule has 2 N–H and O–H groups in total. The van der Waals surface area contributed by atoms with Gasteiger partial charge in [-0.25, -0.2) is 0 Å². The molecule has 0 saturated carbocycles. The van der Waals surface area contributed by atoms with Crippen LogP contribution in [0.5, 0.6) is 11.5 Å². The summed E-state index contributed by atoms with van der Waals surface area (Å²) in [6, 6.07) is 5.37. The first-order chi connectivity index (χ1) is 8.38. The Morgan fingerprint density at radius 3 is 2.39 bits per heavy atom. The number of ether oxygens (including phenoxy) is 2. The van der Waals surface area contributed by atoms with Crippen LogP contribution in [-0.4, -0.2) is 30.8 Å². The lowest BCUT2D eigenvalue weighted by atomic mass is 10.1. The number of carbonyl (C=O) groups excluding carboxylic acids is 1. The molecule has 5 heteroatoms. The standard InChI is InChI=1S/C13H19NO4/c1-13(2,16)12(15)14-8-9-5-6-10(17-3)11(7-9)18-4/h5-7,16H,8H2,1-4H3,(H,14,15). The third-order valence-corrected chi connectivity index (χ3v) is 2.46. The molecule has 100 valence electrons. The Hall–Kier alpha value is -1.75. The van der Waals surface area contributed by atoms with E-state index in [0.717, 1.165) is 5.56 Å². The van der Waals surface area contributed by atoms with Crippen LogP contribution in [0.15, 0.2) is 18.2 Å². The smallest absolute Gasteiger partial charge is 0.251 e. The summed E-state index contributed by atoms with van der Waals surface area (Å²) in [4.78, 5) is 11.5. The minimum absolute atomic E-state index is 0.323. The topological polar surface area (TPSA) is 67.8 Å². The Kier molecular flexibility index (Phi) is 4.55. The summed E-state index contributed by atoms with van der Waals surface area (Å²) in [5.74, 6) is 0.819. The number of amides is 1. The molecule has 0 fully saturated rings. The monoisotopic (exact) mass is 253 g/mol. The van der Waals surface area contributed by atoms with Crippen molar-refractivity contribution in [2.45, 2.75) is 26.0 Å². The normalized spacial score (nSPS) is 10.9. The van der Waals surface area contributed by atoms with Gasteiger partial charge in [0.25, 0.3) is 5.91 Å². The first kappa shape index (κ1) is 14.3. The average molecular weight is 253 g/mol. The maximum Gasteiger partial charge on any atom is 0.251 e. The molecule has 0 spiro atoms. The van der Waals surface area contributed by atoms with Gasteiger partial charge in [-0.1, -0.05) is 6.07 Å². The lowest BCUT2D eigenvalue weighted by molar-refractivity contribution is -0.136. The molecule has 0 bridgehead atoms. The van der Waals surface area contributed by atoms with Crippen LogP contribution in [0.4, 0.5) is 0 Å². The van der Waals surface area contributed by atoms with Gasteiger partial charge >= 0.3 is 0 Å². The van der Waals surface area contributed by atoms with Crippen LogP contribution >= 0.6 is 0 Å². The van der Waals surface area contributed by atoms with Gasteiger partial charge in [-0.2, -0.15) is 0 Å². The number of benzene rings is 1.